The number of nitriles is 1. The smallest absolute Gasteiger partial charge is 0.254 e. The van der Waals surface area contributed by atoms with E-state index in [0.717, 1.165) is 50.9 Å². The van der Waals surface area contributed by atoms with Gasteiger partial charge in [-0.2, -0.15) is 5.26 Å². The molecule has 0 radical (unpaired) electrons. The van der Waals surface area contributed by atoms with Crippen LogP contribution in [-0.4, -0.2) is 46.4 Å². The summed E-state index contributed by atoms with van der Waals surface area (Å²) in [6.45, 7) is 3.60. The van der Waals surface area contributed by atoms with E-state index in [1.807, 2.05) is 23.2 Å². The molecule has 2 heterocycles. The molecule has 3 aromatic rings. The molecule has 5 nitrogen and oxygen atoms in total. The molecule has 4 rings (SSSR count). The second-order valence-electron chi connectivity index (χ2n) is 8.65. The molecule has 1 aliphatic heterocycles. The average molecular weight is 439 g/mol. The predicted molar refractivity (Wildman–Crippen MR) is 129 cm³/mol. The molecule has 1 amide bonds. The van der Waals surface area contributed by atoms with Gasteiger partial charge in [0.2, 0.25) is 0 Å². The van der Waals surface area contributed by atoms with Crippen LogP contribution in [0.4, 0.5) is 0 Å². The van der Waals surface area contributed by atoms with Gasteiger partial charge in [0.05, 0.1) is 11.6 Å². The van der Waals surface area contributed by atoms with Crippen molar-refractivity contribution in [2.75, 3.05) is 19.6 Å². The molecule has 33 heavy (non-hydrogen) atoms. The van der Waals surface area contributed by atoms with Gasteiger partial charge < -0.3 is 9.80 Å². The summed E-state index contributed by atoms with van der Waals surface area (Å²) in [5, 5.41) is 9.25. The van der Waals surface area contributed by atoms with Gasteiger partial charge in [0.25, 0.3) is 5.91 Å². The van der Waals surface area contributed by atoms with Gasteiger partial charge >= 0.3 is 0 Å². The summed E-state index contributed by atoms with van der Waals surface area (Å²) in [6.07, 6.45) is 7.73. The molecule has 2 aromatic carbocycles. The van der Waals surface area contributed by atoms with Crippen LogP contribution in [0.2, 0.25) is 0 Å². The third kappa shape index (κ3) is 6.27. The molecule has 0 spiro atoms. The third-order valence-electron chi connectivity index (χ3n) is 6.36. The molecule has 168 valence electrons. The highest BCUT2D eigenvalue weighted by Gasteiger charge is 2.29. The Labute approximate surface area is 196 Å². The fourth-order valence-electron chi connectivity index (χ4n) is 4.55. The summed E-state index contributed by atoms with van der Waals surface area (Å²) in [5.74, 6) is -0.0153. The largest absolute Gasteiger partial charge is 0.331 e. The Kier molecular flexibility index (Phi) is 7.84. The minimum atomic E-state index is -0.0153. The lowest BCUT2D eigenvalue weighted by Gasteiger charge is -2.38. The summed E-state index contributed by atoms with van der Waals surface area (Å²) in [5.41, 5.74) is 3.49. The lowest BCUT2D eigenvalue weighted by molar-refractivity contribution is 0.0549. The average Bonchev–Trinajstić information content (AvgIpc) is 2.89. The minimum Gasteiger partial charge on any atom is -0.331 e. The molecule has 0 aliphatic carbocycles. The topological polar surface area (TPSA) is 60.2 Å². The summed E-state index contributed by atoms with van der Waals surface area (Å²) >= 11 is 0. The SMILES string of the molecule is N#Cc1cccc(C(=O)N(Cc2cccnc2)C2CCN(CCCc3ccccc3)CC2)c1. The number of aryl methyl sites for hydroxylation is 1. The van der Waals surface area contributed by atoms with Crippen LogP contribution in [-0.2, 0) is 13.0 Å². The van der Waals surface area contributed by atoms with E-state index in [-0.39, 0.29) is 11.9 Å². The monoisotopic (exact) mass is 438 g/mol. The molecular weight excluding hydrogens is 408 g/mol. The maximum Gasteiger partial charge on any atom is 0.254 e. The maximum atomic E-state index is 13.5. The van der Waals surface area contributed by atoms with E-state index < -0.39 is 0 Å². The van der Waals surface area contributed by atoms with Gasteiger partial charge in [-0.25, -0.2) is 0 Å². The second-order valence-corrected chi connectivity index (χ2v) is 8.65. The number of carbonyl (C=O) groups is 1. The Morgan fingerprint density at radius 1 is 1.03 bits per heavy atom. The van der Waals surface area contributed by atoms with Crippen LogP contribution in [0.5, 0.6) is 0 Å². The van der Waals surface area contributed by atoms with Gasteiger partial charge in [-0.3, -0.25) is 9.78 Å². The first-order valence-corrected chi connectivity index (χ1v) is 11.7. The standard InChI is InChI=1S/C28H30N4O/c29-20-24-9-4-12-26(19-24)28(33)32(22-25-10-5-15-30-21-25)27-13-17-31(18-14-27)16-6-11-23-7-2-1-3-8-23/h1-5,7-10,12,15,19,21,27H,6,11,13-14,16-18,22H2. The molecule has 0 unspecified atom stereocenters. The predicted octanol–water partition coefficient (Wildman–Crippen LogP) is 4.69. The third-order valence-corrected chi connectivity index (χ3v) is 6.36. The van der Waals surface area contributed by atoms with Gasteiger partial charge in [-0.15, -0.1) is 0 Å². The molecule has 5 heteroatoms. The van der Waals surface area contributed by atoms with E-state index in [1.54, 1.807) is 30.5 Å². The second kappa shape index (κ2) is 11.4. The van der Waals surface area contributed by atoms with Crippen LogP contribution in [0.25, 0.3) is 0 Å². The van der Waals surface area contributed by atoms with Crippen LogP contribution in [0.15, 0.2) is 79.1 Å². The van der Waals surface area contributed by atoms with Crippen molar-refractivity contribution in [2.24, 2.45) is 0 Å². The Hall–Kier alpha value is -3.49. The van der Waals surface area contributed by atoms with Crippen molar-refractivity contribution in [3.8, 4) is 6.07 Å². The number of hydrogen-bond donors (Lipinski definition) is 0. The number of hydrogen-bond acceptors (Lipinski definition) is 4. The Morgan fingerprint density at radius 3 is 2.55 bits per heavy atom. The quantitative estimate of drug-likeness (QED) is 0.512. The fourth-order valence-corrected chi connectivity index (χ4v) is 4.55. The number of amides is 1. The van der Waals surface area contributed by atoms with E-state index in [9.17, 15) is 10.1 Å². The number of nitrogens with zero attached hydrogens (tertiary/aromatic N) is 4. The molecule has 1 fully saturated rings. The Bertz CT molecular complexity index is 1070. The lowest BCUT2D eigenvalue weighted by atomic mass is 10.00. The van der Waals surface area contributed by atoms with Crippen LogP contribution in [0.3, 0.4) is 0 Å². The number of piperidine rings is 1. The molecule has 1 aromatic heterocycles. The highest BCUT2D eigenvalue weighted by molar-refractivity contribution is 5.94. The van der Waals surface area contributed by atoms with E-state index in [1.165, 1.54) is 5.56 Å². The van der Waals surface area contributed by atoms with Crippen molar-refractivity contribution in [1.82, 2.24) is 14.8 Å². The summed E-state index contributed by atoms with van der Waals surface area (Å²) in [4.78, 5) is 22.2. The number of carbonyl (C=O) groups excluding carboxylic acids is 1. The molecule has 1 aliphatic rings. The van der Waals surface area contributed by atoms with E-state index in [4.69, 9.17) is 0 Å². The summed E-state index contributed by atoms with van der Waals surface area (Å²) in [6, 6.07) is 23.9. The lowest BCUT2D eigenvalue weighted by Crippen LogP contribution is -2.47. The number of likely N-dealkylation sites (tertiary alicyclic amines) is 1. The maximum absolute atomic E-state index is 13.5. The van der Waals surface area contributed by atoms with Gasteiger partial charge in [-0.05, 0) is 67.6 Å². The molecular formula is C28H30N4O. The van der Waals surface area contributed by atoms with Gasteiger partial charge in [-0.1, -0.05) is 42.5 Å². The number of rotatable bonds is 8. The van der Waals surface area contributed by atoms with Crippen LogP contribution >= 0.6 is 0 Å². The molecule has 0 bridgehead atoms. The summed E-state index contributed by atoms with van der Waals surface area (Å²) in [7, 11) is 0. The first-order chi connectivity index (χ1) is 16.2. The Morgan fingerprint density at radius 2 is 1.82 bits per heavy atom. The molecule has 0 N–H and O–H groups in total. The van der Waals surface area contributed by atoms with Crippen molar-refractivity contribution in [2.45, 2.75) is 38.3 Å². The molecule has 1 saturated heterocycles. The van der Waals surface area contributed by atoms with Crippen molar-refractivity contribution >= 4 is 5.91 Å². The zero-order valence-corrected chi connectivity index (χ0v) is 18.9. The molecule has 0 atom stereocenters. The number of aromatic nitrogens is 1. The Balaban J connectivity index is 1.39. The zero-order valence-electron chi connectivity index (χ0n) is 18.9. The first kappa shape index (κ1) is 22.7. The highest BCUT2D eigenvalue weighted by atomic mass is 16.2. The van der Waals surface area contributed by atoms with E-state index in [2.05, 4.69) is 46.3 Å². The van der Waals surface area contributed by atoms with E-state index in [0.29, 0.717) is 17.7 Å². The van der Waals surface area contributed by atoms with Gasteiger partial charge in [0, 0.05) is 43.6 Å². The molecule has 0 saturated carbocycles. The van der Waals surface area contributed by atoms with Crippen molar-refractivity contribution in [3.05, 3.63) is 101 Å². The van der Waals surface area contributed by atoms with Crippen LogP contribution in [0.1, 0.15) is 46.3 Å². The van der Waals surface area contributed by atoms with Crippen molar-refractivity contribution in [1.29, 1.82) is 5.26 Å². The van der Waals surface area contributed by atoms with Crippen molar-refractivity contribution < 1.29 is 4.79 Å². The first-order valence-electron chi connectivity index (χ1n) is 11.7. The number of pyridine rings is 1. The van der Waals surface area contributed by atoms with Crippen LogP contribution < -0.4 is 0 Å². The highest BCUT2D eigenvalue weighted by Crippen LogP contribution is 2.22. The summed E-state index contributed by atoms with van der Waals surface area (Å²) < 4.78 is 0. The minimum absolute atomic E-state index is 0.0153. The number of benzene rings is 2. The normalized spacial score (nSPS) is 14.5. The van der Waals surface area contributed by atoms with Gasteiger partial charge in [0.1, 0.15) is 0 Å². The zero-order chi connectivity index (χ0) is 22.9. The van der Waals surface area contributed by atoms with Crippen molar-refractivity contribution in [3.63, 3.8) is 0 Å². The van der Waals surface area contributed by atoms with Crippen LogP contribution in [0, 0.1) is 11.3 Å². The fraction of sp³-hybridized carbons (Fsp3) is 0.321. The van der Waals surface area contributed by atoms with Gasteiger partial charge in [0.15, 0.2) is 0 Å². The van der Waals surface area contributed by atoms with E-state index >= 15 is 0 Å².